The highest BCUT2D eigenvalue weighted by Gasteiger charge is 2.26. The molecule has 0 aromatic heterocycles. The van der Waals surface area contributed by atoms with Gasteiger partial charge in [0, 0.05) is 16.1 Å². The minimum atomic E-state index is -1.18. The monoisotopic (exact) mass is 435 g/mol. The molecule has 1 unspecified atom stereocenters. The van der Waals surface area contributed by atoms with Crippen LogP contribution in [0.2, 0.25) is 5.02 Å². The fraction of sp³-hybridized carbons (Fsp3) is 0.391. The average molecular weight is 436 g/mol. The first-order valence-electron chi connectivity index (χ1n) is 9.57. The summed E-state index contributed by atoms with van der Waals surface area (Å²) < 4.78 is 20.3. The van der Waals surface area contributed by atoms with Gasteiger partial charge in [-0.3, -0.25) is 4.79 Å². The zero-order valence-corrected chi connectivity index (χ0v) is 18.8. The van der Waals surface area contributed by atoms with Gasteiger partial charge in [-0.2, -0.15) is 0 Å². The highest BCUT2D eigenvalue weighted by atomic mass is 35.5. The lowest BCUT2D eigenvalue weighted by Crippen LogP contribution is -2.36. The van der Waals surface area contributed by atoms with Crippen molar-refractivity contribution in [3.8, 4) is 11.1 Å². The molecule has 30 heavy (non-hydrogen) atoms. The number of carboxylic acid groups (broad SMARTS) is 1. The van der Waals surface area contributed by atoms with E-state index in [-0.39, 0.29) is 5.56 Å². The zero-order chi connectivity index (χ0) is 22.8. The Morgan fingerprint density at radius 3 is 2.30 bits per heavy atom. The first-order chi connectivity index (χ1) is 13.8. The molecule has 2 rings (SSSR count). The molecule has 2 aromatic rings. The Morgan fingerprint density at radius 2 is 1.77 bits per heavy atom. The summed E-state index contributed by atoms with van der Waals surface area (Å²) in [7, 11) is 0. The van der Waals surface area contributed by atoms with E-state index < -0.39 is 35.9 Å². The Balaban J connectivity index is 2.57. The first kappa shape index (κ1) is 23.7. The number of halogens is 2. The van der Waals surface area contributed by atoms with Crippen molar-refractivity contribution in [2.75, 3.05) is 0 Å². The molecule has 5 nitrogen and oxygen atoms in total. The highest BCUT2D eigenvalue weighted by molar-refractivity contribution is 6.33. The van der Waals surface area contributed by atoms with Crippen LogP contribution in [0.25, 0.3) is 11.1 Å². The Labute approximate surface area is 181 Å². The minimum Gasteiger partial charge on any atom is -0.481 e. The third kappa shape index (κ3) is 5.95. The smallest absolute Gasteiger partial charge is 0.408 e. The molecule has 0 saturated carbocycles. The fourth-order valence-corrected chi connectivity index (χ4v) is 3.77. The zero-order valence-electron chi connectivity index (χ0n) is 18.0. The van der Waals surface area contributed by atoms with Crippen LogP contribution in [0.1, 0.15) is 55.5 Å². The average Bonchev–Trinajstić information content (AvgIpc) is 2.54. The number of carbonyl (C=O) groups is 2. The number of ether oxygens (including phenoxy) is 1. The molecule has 7 heteroatoms. The van der Waals surface area contributed by atoms with Gasteiger partial charge in [0.2, 0.25) is 0 Å². The van der Waals surface area contributed by atoms with Crippen LogP contribution >= 0.6 is 11.6 Å². The van der Waals surface area contributed by atoms with E-state index in [0.717, 1.165) is 16.7 Å². The molecule has 0 aliphatic rings. The quantitative estimate of drug-likeness (QED) is 0.593. The molecule has 0 saturated heterocycles. The summed E-state index contributed by atoms with van der Waals surface area (Å²) in [6, 6.07) is 5.87. The van der Waals surface area contributed by atoms with Gasteiger partial charge in [0.25, 0.3) is 0 Å². The van der Waals surface area contributed by atoms with Crippen LogP contribution in [-0.2, 0) is 9.53 Å². The maximum Gasteiger partial charge on any atom is 0.408 e. The fourth-order valence-electron chi connectivity index (χ4n) is 3.34. The predicted octanol–water partition coefficient (Wildman–Crippen LogP) is 6.11. The highest BCUT2D eigenvalue weighted by Crippen LogP contribution is 2.36. The summed E-state index contributed by atoms with van der Waals surface area (Å²) >= 11 is 6.46. The lowest BCUT2D eigenvalue weighted by Gasteiger charge is -2.24. The van der Waals surface area contributed by atoms with Gasteiger partial charge in [-0.25, -0.2) is 9.18 Å². The van der Waals surface area contributed by atoms with Gasteiger partial charge in [-0.1, -0.05) is 17.7 Å². The van der Waals surface area contributed by atoms with E-state index in [4.69, 9.17) is 16.3 Å². The van der Waals surface area contributed by atoms with E-state index in [0.29, 0.717) is 16.1 Å². The van der Waals surface area contributed by atoms with Crippen molar-refractivity contribution >= 4 is 23.7 Å². The molecule has 0 radical (unpaired) electrons. The molecule has 0 aliphatic carbocycles. The molecule has 0 aliphatic heterocycles. The van der Waals surface area contributed by atoms with E-state index in [1.165, 1.54) is 6.07 Å². The van der Waals surface area contributed by atoms with Crippen molar-refractivity contribution in [1.82, 2.24) is 5.32 Å². The Kier molecular flexibility index (Phi) is 7.14. The molecule has 1 amide bonds. The summed E-state index contributed by atoms with van der Waals surface area (Å²) in [4.78, 5) is 23.7. The van der Waals surface area contributed by atoms with E-state index in [1.54, 1.807) is 33.8 Å². The van der Waals surface area contributed by atoms with Gasteiger partial charge in [0.15, 0.2) is 0 Å². The molecule has 0 spiro atoms. The molecular weight excluding hydrogens is 409 g/mol. The maximum atomic E-state index is 15.0. The van der Waals surface area contributed by atoms with Crippen molar-refractivity contribution in [3.05, 3.63) is 57.4 Å². The number of amides is 1. The van der Waals surface area contributed by atoms with Gasteiger partial charge in [-0.05, 0) is 82.0 Å². The summed E-state index contributed by atoms with van der Waals surface area (Å²) in [5, 5.41) is 12.3. The SMILES string of the molecule is Cc1cc(C)c(-c2cc(C)c(F)c(C(CC(=O)O)NC(=O)OC(C)(C)C)c2)c(Cl)c1. The largest absolute Gasteiger partial charge is 0.481 e. The van der Waals surface area contributed by atoms with Crippen LogP contribution in [-0.4, -0.2) is 22.8 Å². The molecule has 1 atom stereocenters. The second-order valence-electron chi connectivity index (χ2n) is 8.43. The van der Waals surface area contributed by atoms with E-state index >= 15 is 4.39 Å². The molecule has 0 heterocycles. The number of aliphatic carboxylic acids is 1. The standard InChI is InChI=1S/C23H27ClFNO4/c1-12-7-13(2)20(17(24)8-12)15-9-14(3)21(25)16(10-15)18(11-19(27)28)26-22(29)30-23(4,5)6/h7-10,18H,11H2,1-6H3,(H,26,29)(H,27,28). The van der Waals surface area contributed by atoms with E-state index in [2.05, 4.69) is 5.32 Å². The third-order valence-electron chi connectivity index (χ3n) is 4.45. The van der Waals surface area contributed by atoms with Crippen LogP contribution in [0.15, 0.2) is 24.3 Å². The van der Waals surface area contributed by atoms with Gasteiger partial charge < -0.3 is 15.2 Å². The van der Waals surface area contributed by atoms with E-state index in [1.807, 2.05) is 26.0 Å². The van der Waals surface area contributed by atoms with Crippen LogP contribution < -0.4 is 5.32 Å². The van der Waals surface area contributed by atoms with Crippen molar-refractivity contribution in [3.63, 3.8) is 0 Å². The van der Waals surface area contributed by atoms with Crippen molar-refractivity contribution in [2.24, 2.45) is 0 Å². The number of nitrogens with one attached hydrogen (secondary N) is 1. The number of carboxylic acids is 1. The lowest BCUT2D eigenvalue weighted by molar-refractivity contribution is -0.137. The van der Waals surface area contributed by atoms with Crippen molar-refractivity contribution in [2.45, 2.75) is 59.6 Å². The molecule has 2 aromatic carbocycles. The van der Waals surface area contributed by atoms with Gasteiger partial charge >= 0.3 is 12.1 Å². The summed E-state index contributed by atoms with van der Waals surface area (Å²) in [6.07, 6.45) is -1.32. The van der Waals surface area contributed by atoms with Crippen LogP contribution in [0.5, 0.6) is 0 Å². The lowest BCUT2D eigenvalue weighted by atomic mass is 9.92. The molecule has 162 valence electrons. The maximum absolute atomic E-state index is 15.0. The van der Waals surface area contributed by atoms with Crippen LogP contribution in [0.4, 0.5) is 9.18 Å². The number of rotatable bonds is 5. The predicted molar refractivity (Wildman–Crippen MR) is 115 cm³/mol. The summed E-state index contributed by atoms with van der Waals surface area (Å²) in [6.45, 7) is 10.5. The molecule has 2 N–H and O–H groups in total. The van der Waals surface area contributed by atoms with Crippen LogP contribution in [0.3, 0.4) is 0 Å². The Bertz CT molecular complexity index is 959. The number of benzene rings is 2. The number of aryl methyl sites for hydroxylation is 3. The first-order valence-corrected chi connectivity index (χ1v) is 9.94. The van der Waals surface area contributed by atoms with Crippen molar-refractivity contribution < 1.29 is 23.8 Å². The minimum absolute atomic E-state index is 0.0642. The summed E-state index contributed by atoms with van der Waals surface area (Å²) in [5.41, 5.74) is 2.89. The number of carbonyl (C=O) groups excluding carboxylic acids is 1. The van der Waals surface area contributed by atoms with Gasteiger partial charge in [0.1, 0.15) is 11.4 Å². The Hall–Kier alpha value is -2.60. The molecule has 0 bridgehead atoms. The number of alkyl carbamates (subject to hydrolysis) is 1. The topological polar surface area (TPSA) is 75.6 Å². The third-order valence-corrected chi connectivity index (χ3v) is 4.75. The van der Waals surface area contributed by atoms with Gasteiger partial charge in [-0.15, -0.1) is 0 Å². The van der Waals surface area contributed by atoms with Crippen molar-refractivity contribution in [1.29, 1.82) is 0 Å². The second-order valence-corrected chi connectivity index (χ2v) is 8.84. The number of hydrogen-bond acceptors (Lipinski definition) is 3. The van der Waals surface area contributed by atoms with Gasteiger partial charge in [0.05, 0.1) is 12.5 Å². The second kappa shape index (κ2) is 9.04. The van der Waals surface area contributed by atoms with E-state index in [9.17, 15) is 14.7 Å². The molecule has 0 fully saturated rings. The van der Waals surface area contributed by atoms with Crippen LogP contribution in [0, 0.1) is 26.6 Å². The normalized spacial score (nSPS) is 12.4. The number of hydrogen-bond donors (Lipinski definition) is 2. The summed E-state index contributed by atoms with van der Waals surface area (Å²) in [5.74, 6) is -1.76. The molecular formula is C23H27ClFNO4. The Morgan fingerprint density at radius 1 is 1.13 bits per heavy atom.